The number of hydrogen-bond acceptors (Lipinski definition) is 2. The van der Waals surface area contributed by atoms with Gasteiger partial charge in [-0.05, 0) is 30.7 Å². The van der Waals surface area contributed by atoms with E-state index in [1.165, 1.54) is 0 Å². The number of hydrogen-bond donors (Lipinski definition) is 0. The Morgan fingerprint density at radius 3 is 2.60 bits per heavy atom. The van der Waals surface area contributed by atoms with Crippen molar-refractivity contribution in [2.24, 2.45) is 0 Å². The third-order valence-corrected chi connectivity index (χ3v) is 3.74. The second kappa shape index (κ2) is 6.06. The van der Waals surface area contributed by atoms with E-state index in [0.717, 1.165) is 15.6 Å². The van der Waals surface area contributed by atoms with Gasteiger partial charge in [-0.2, -0.15) is 0 Å². The molecule has 2 aromatic carbocycles. The first kappa shape index (κ1) is 14.5. The summed E-state index contributed by atoms with van der Waals surface area (Å²) in [7, 11) is 1.58. The zero-order valence-corrected chi connectivity index (χ0v) is 13.0. The minimum absolute atomic E-state index is 0.0363. The Morgan fingerprint density at radius 2 is 2.00 bits per heavy atom. The largest absolute Gasteiger partial charge is 0.496 e. The molecule has 0 aromatic heterocycles. The fraction of sp³-hybridized carbons (Fsp3) is 0.118. The van der Waals surface area contributed by atoms with Gasteiger partial charge in [-0.3, -0.25) is 4.79 Å². The minimum atomic E-state index is -0.0363. The van der Waals surface area contributed by atoms with Gasteiger partial charge in [-0.1, -0.05) is 46.8 Å². The number of ether oxygens (including phenoxy) is 1. The molecule has 2 rings (SSSR count). The molecule has 2 nitrogen and oxygen atoms in total. The van der Waals surface area contributed by atoms with E-state index in [0.29, 0.717) is 16.9 Å². The van der Waals surface area contributed by atoms with Gasteiger partial charge in [-0.25, -0.2) is 0 Å². The highest BCUT2D eigenvalue weighted by Gasteiger charge is 2.14. The summed E-state index contributed by atoms with van der Waals surface area (Å²) in [6.45, 7) is 5.71. The van der Waals surface area contributed by atoms with Gasteiger partial charge in [0.2, 0.25) is 0 Å². The van der Waals surface area contributed by atoms with Gasteiger partial charge in [0.25, 0.3) is 0 Å². The van der Waals surface area contributed by atoms with Crippen molar-refractivity contribution in [3.05, 3.63) is 69.7 Å². The Hall–Kier alpha value is -1.87. The van der Waals surface area contributed by atoms with E-state index in [-0.39, 0.29) is 5.78 Å². The number of methoxy groups -OCH3 is 1. The first-order chi connectivity index (χ1) is 9.56. The summed E-state index contributed by atoms with van der Waals surface area (Å²) in [5.41, 5.74) is 3.21. The third-order valence-electron chi connectivity index (χ3n) is 3.08. The van der Waals surface area contributed by atoms with Gasteiger partial charge in [0.1, 0.15) is 5.75 Å². The summed E-state index contributed by atoms with van der Waals surface area (Å²) in [6, 6.07) is 11.0. The number of benzene rings is 2. The van der Waals surface area contributed by atoms with Gasteiger partial charge < -0.3 is 4.74 Å². The molecule has 0 saturated carbocycles. The molecular weight excluding hydrogens is 316 g/mol. The topological polar surface area (TPSA) is 26.3 Å². The smallest absolute Gasteiger partial charge is 0.194 e. The number of ketones is 1. The molecule has 0 aliphatic carbocycles. The van der Waals surface area contributed by atoms with Crippen LogP contribution in [0.4, 0.5) is 0 Å². The number of rotatable bonds is 4. The van der Waals surface area contributed by atoms with Crippen molar-refractivity contribution in [3.8, 4) is 5.75 Å². The van der Waals surface area contributed by atoms with Crippen molar-refractivity contribution in [1.82, 2.24) is 0 Å². The van der Waals surface area contributed by atoms with Crippen LogP contribution in [-0.4, -0.2) is 12.9 Å². The molecule has 0 saturated heterocycles. The Morgan fingerprint density at radius 1 is 1.25 bits per heavy atom. The number of halogens is 1. The third kappa shape index (κ3) is 2.83. The molecule has 2 aromatic rings. The SMILES string of the molecule is C=Cc1ccc(C(=O)c2ccc(C)cc2Br)cc1OC. The van der Waals surface area contributed by atoms with E-state index in [4.69, 9.17) is 4.74 Å². The second-order valence-electron chi connectivity index (χ2n) is 4.47. The Kier molecular flexibility index (Phi) is 4.40. The zero-order valence-electron chi connectivity index (χ0n) is 11.4. The van der Waals surface area contributed by atoms with Gasteiger partial charge in [-0.15, -0.1) is 0 Å². The Labute approximate surface area is 127 Å². The minimum Gasteiger partial charge on any atom is -0.496 e. The van der Waals surface area contributed by atoms with Gasteiger partial charge in [0, 0.05) is 21.2 Å². The molecule has 0 spiro atoms. The lowest BCUT2D eigenvalue weighted by atomic mass is 10.0. The van der Waals surface area contributed by atoms with E-state index < -0.39 is 0 Å². The van der Waals surface area contributed by atoms with Crippen molar-refractivity contribution in [2.45, 2.75) is 6.92 Å². The van der Waals surface area contributed by atoms with Crippen LogP contribution < -0.4 is 4.74 Å². The summed E-state index contributed by atoms with van der Waals surface area (Å²) in [5, 5.41) is 0. The molecule has 102 valence electrons. The first-order valence-electron chi connectivity index (χ1n) is 6.18. The maximum atomic E-state index is 12.5. The van der Waals surface area contributed by atoms with Gasteiger partial charge in [0.15, 0.2) is 5.78 Å². The van der Waals surface area contributed by atoms with E-state index in [2.05, 4.69) is 22.5 Å². The van der Waals surface area contributed by atoms with Crippen LogP contribution in [0.25, 0.3) is 6.08 Å². The van der Waals surface area contributed by atoms with Gasteiger partial charge in [0.05, 0.1) is 7.11 Å². The van der Waals surface area contributed by atoms with Crippen LogP contribution in [0.15, 0.2) is 47.4 Å². The standard InChI is InChI=1S/C17H15BrO2/c1-4-12-6-7-13(10-16(12)20-3)17(19)14-8-5-11(2)9-15(14)18/h4-10H,1H2,2-3H3. The molecule has 0 fully saturated rings. The maximum Gasteiger partial charge on any atom is 0.194 e. The average Bonchev–Trinajstić information content (AvgIpc) is 2.45. The number of carbonyl (C=O) groups excluding carboxylic acids is 1. The lowest BCUT2D eigenvalue weighted by Crippen LogP contribution is -2.03. The number of aryl methyl sites for hydroxylation is 1. The lowest BCUT2D eigenvalue weighted by molar-refractivity contribution is 0.103. The van der Waals surface area contributed by atoms with Crippen LogP contribution in [0.1, 0.15) is 27.0 Å². The predicted molar refractivity (Wildman–Crippen MR) is 85.4 cm³/mol. The quantitative estimate of drug-likeness (QED) is 0.763. The van der Waals surface area contributed by atoms with E-state index in [1.54, 1.807) is 25.3 Å². The summed E-state index contributed by atoms with van der Waals surface area (Å²) in [5.74, 6) is 0.611. The molecule has 0 amide bonds. The van der Waals surface area contributed by atoms with E-state index >= 15 is 0 Å². The van der Waals surface area contributed by atoms with Gasteiger partial charge >= 0.3 is 0 Å². The van der Waals surface area contributed by atoms with Crippen LogP contribution in [0.3, 0.4) is 0 Å². The monoisotopic (exact) mass is 330 g/mol. The van der Waals surface area contributed by atoms with Crippen LogP contribution in [0, 0.1) is 6.92 Å². The molecule has 0 unspecified atom stereocenters. The fourth-order valence-corrected chi connectivity index (χ4v) is 2.65. The molecule has 3 heteroatoms. The lowest BCUT2D eigenvalue weighted by Gasteiger charge is -2.09. The normalized spacial score (nSPS) is 10.2. The van der Waals surface area contributed by atoms with Crippen molar-refractivity contribution in [1.29, 1.82) is 0 Å². The Balaban J connectivity index is 2.45. The molecule has 0 bridgehead atoms. The second-order valence-corrected chi connectivity index (χ2v) is 5.33. The average molecular weight is 331 g/mol. The van der Waals surface area contributed by atoms with Crippen LogP contribution in [-0.2, 0) is 0 Å². The fourth-order valence-electron chi connectivity index (χ4n) is 1.98. The number of carbonyl (C=O) groups is 1. The first-order valence-corrected chi connectivity index (χ1v) is 6.97. The predicted octanol–water partition coefficient (Wildman–Crippen LogP) is 4.64. The summed E-state index contributed by atoms with van der Waals surface area (Å²) in [6.07, 6.45) is 1.70. The molecule has 20 heavy (non-hydrogen) atoms. The summed E-state index contributed by atoms with van der Waals surface area (Å²) in [4.78, 5) is 12.5. The van der Waals surface area contributed by atoms with Crippen molar-refractivity contribution < 1.29 is 9.53 Å². The molecular formula is C17H15BrO2. The van der Waals surface area contributed by atoms with Crippen LogP contribution in [0.2, 0.25) is 0 Å². The molecule has 0 aliphatic rings. The molecule has 0 radical (unpaired) electrons. The van der Waals surface area contributed by atoms with Crippen molar-refractivity contribution >= 4 is 27.8 Å². The van der Waals surface area contributed by atoms with Crippen LogP contribution >= 0.6 is 15.9 Å². The van der Waals surface area contributed by atoms with Crippen LogP contribution in [0.5, 0.6) is 5.75 Å². The highest BCUT2D eigenvalue weighted by molar-refractivity contribution is 9.10. The zero-order chi connectivity index (χ0) is 14.7. The van der Waals surface area contributed by atoms with Crippen molar-refractivity contribution in [2.75, 3.05) is 7.11 Å². The molecule has 0 atom stereocenters. The van der Waals surface area contributed by atoms with E-state index in [1.807, 2.05) is 31.2 Å². The highest BCUT2D eigenvalue weighted by Crippen LogP contribution is 2.26. The molecule has 0 heterocycles. The summed E-state index contributed by atoms with van der Waals surface area (Å²) >= 11 is 3.44. The van der Waals surface area contributed by atoms with E-state index in [9.17, 15) is 4.79 Å². The molecule has 0 aliphatic heterocycles. The molecule has 0 N–H and O–H groups in total. The maximum absolute atomic E-state index is 12.5. The summed E-state index contributed by atoms with van der Waals surface area (Å²) < 4.78 is 6.08. The van der Waals surface area contributed by atoms with Crippen molar-refractivity contribution in [3.63, 3.8) is 0 Å². The highest BCUT2D eigenvalue weighted by atomic mass is 79.9. The Bertz CT molecular complexity index is 675.